The van der Waals surface area contributed by atoms with Crippen molar-refractivity contribution in [2.75, 3.05) is 11.9 Å². The summed E-state index contributed by atoms with van der Waals surface area (Å²) in [5, 5.41) is 25.5. The van der Waals surface area contributed by atoms with Crippen LogP contribution in [0.3, 0.4) is 0 Å². The van der Waals surface area contributed by atoms with Gasteiger partial charge in [-0.15, -0.1) is 0 Å². The zero-order valence-corrected chi connectivity index (χ0v) is 13.9. The van der Waals surface area contributed by atoms with E-state index in [4.69, 9.17) is 9.15 Å². The highest BCUT2D eigenvalue weighted by molar-refractivity contribution is 5.91. The van der Waals surface area contributed by atoms with Crippen molar-refractivity contribution in [2.45, 2.75) is 30.8 Å². The average Bonchev–Trinajstić information content (AvgIpc) is 3.26. The van der Waals surface area contributed by atoms with E-state index >= 15 is 0 Å². The number of hydrogen-bond acceptors (Lipinski definition) is 6. The monoisotopic (exact) mass is 360 g/mol. The van der Waals surface area contributed by atoms with Gasteiger partial charge in [-0.25, -0.2) is 0 Å². The van der Waals surface area contributed by atoms with Gasteiger partial charge < -0.3 is 30.0 Å². The lowest BCUT2D eigenvalue weighted by Gasteiger charge is -2.14. The predicted octanol–water partition coefficient (Wildman–Crippen LogP) is 0.527. The van der Waals surface area contributed by atoms with E-state index in [1.165, 1.54) is 12.3 Å². The van der Waals surface area contributed by atoms with Gasteiger partial charge in [-0.2, -0.15) is 0 Å². The van der Waals surface area contributed by atoms with Gasteiger partial charge in [0.05, 0.1) is 18.8 Å². The smallest absolute Gasteiger partial charge is 0.287 e. The van der Waals surface area contributed by atoms with E-state index in [1.807, 2.05) is 6.07 Å². The number of rotatable bonds is 6. The van der Waals surface area contributed by atoms with E-state index in [1.54, 1.807) is 30.3 Å². The Kier molecular flexibility index (Phi) is 5.67. The van der Waals surface area contributed by atoms with Crippen molar-refractivity contribution in [1.29, 1.82) is 0 Å². The summed E-state index contributed by atoms with van der Waals surface area (Å²) in [6.07, 6.45) is -2.85. The number of ether oxygens (including phenoxy) is 1. The number of carbonyl (C=O) groups is 2. The van der Waals surface area contributed by atoms with Crippen LogP contribution in [0.1, 0.15) is 17.0 Å². The fourth-order valence-electron chi connectivity index (χ4n) is 2.77. The molecule has 8 heteroatoms. The molecule has 0 saturated carbocycles. The highest BCUT2D eigenvalue weighted by Gasteiger charge is 2.43. The van der Waals surface area contributed by atoms with E-state index < -0.39 is 30.3 Å². The summed E-state index contributed by atoms with van der Waals surface area (Å²) in [4.78, 5) is 23.9. The van der Waals surface area contributed by atoms with Crippen LogP contribution < -0.4 is 10.6 Å². The van der Waals surface area contributed by atoms with Gasteiger partial charge in [-0.05, 0) is 24.3 Å². The van der Waals surface area contributed by atoms with Gasteiger partial charge in [-0.3, -0.25) is 9.59 Å². The second-order valence-electron chi connectivity index (χ2n) is 6.00. The Bertz CT molecular complexity index is 733. The van der Waals surface area contributed by atoms with E-state index in [9.17, 15) is 19.8 Å². The molecule has 0 bridgehead atoms. The lowest BCUT2D eigenvalue weighted by Crippen LogP contribution is -2.39. The van der Waals surface area contributed by atoms with Crippen molar-refractivity contribution in [3.05, 3.63) is 54.5 Å². The number of aliphatic hydroxyl groups excluding tert-OH is 2. The molecule has 3 rings (SSSR count). The maximum absolute atomic E-state index is 12.1. The number of aliphatic hydroxyl groups is 2. The van der Waals surface area contributed by atoms with Gasteiger partial charge in [0.2, 0.25) is 5.91 Å². The highest BCUT2D eigenvalue weighted by Crippen LogP contribution is 2.24. The molecule has 0 radical (unpaired) electrons. The number of benzene rings is 1. The van der Waals surface area contributed by atoms with Crippen LogP contribution in [0.4, 0.5) is 5.69 Å². The summed E-state index contributed by atoms with van der Waals surface area (Å²) in [7, 11) is 0. The van der Waals surface area contributed by atoms with Crippen LogP contribution in [0, 0.1) is 0 Å². The molecular formula is C18H20N2O6. The van der Waals surface area contributed by atoms with Gasteiger partial charge >= 0.3 is 0 Å². The minimum atomic E-state index is -1.22. The number of anilines is 1. The maximum atomic E-state index is 12.1. The normalized spacial score (nSPS) is 25.0. The number of amides is 2. The van der Waals surface area contributed by atoms with Crippen molar-refractivity contribution < 1.29 is 29.0 Å². The third kappa shape index (κ3) is 4.29. The van der Waals surface area contributed by atoms with Gasteiger partial charge in [-0.1, -0.05) is 18.2 Å². The zero-order chi connectivity index (χ0) is 18.5. The molecule has 138 valence electrons. The number of nitrogens with one attached hydrogen (secondary N) is 2. The topological polar surface area (TPSA) is 121 Å². The summed E-state index contributed by atoms with van der Waals surface area (Å²) < 4.78 is 10.5. The third-order valence-electron chi connectivity index (χ3n) is 4.11. The van der Waals surface area contributed by atoms with Gasteiger partial charge in [0.15, 0.2) is 5.76 Å². The Morgan fingerprint density at radius 1 is 1.00 bits per heavy atom. The van der Waals surface area contributed by atoms with E-state index in [0.29, 0.717) is 5.69 Å². The van der Waals surface area contributed by atoms with Crippen molar-refractivity contribution >= 4 is 17.5 Å². The van der Waals surface area contributed by atoms with E-state index in [-0.39, 0.29) is 24.6 Å². The molecule has 1 aromatic heterocycles. The molecule has 2 amide bonds. The Morgan fingerprint density at radius 2 is 1.73 bits per heavy atom. The SMILES string of the molecule is O=C(CC1OC(CNC(=O)c2ccco2)C(O)C1O)Nc1ccccc1. The van der Waals surface area contributed by atoms with Crippen LogP contribution in [-0.2, 0) is 9.53 Å². The second-order valence-corrected chi connectivity index (χ2v) is 6.00. The van der Waals surface area contributed by atoms with Crippen molar-refractivity contribution in [2.24, 2.45) is 0 Å². The minimum absolute atomic E-state index is 0.0193. The lowest BCUT2D eigenvalue weighted by atomic mass is 10.1. The molecule has 4 atom stereocenters. The fraction of sp³-hybridized carbons (Fsp3) is 0.333. The van der Waals surface area contributed by atoms with E-state index in [0.717, 1.165) is 0 Å². The molecule has 26 heavy (non-hydrogen) atoms. The Balaban J connectivity index is 1.50. The molecule has 0 spiro atoms. The molecule has 0 aliphatic carbocycles. The Morgan fingerprint density at radius 3 is 2.42 bits per heavy atom. The van der Waals surface area contributed by atoms with Gasteiger partial charge in [0.1, 0.15) is 18.3 Å². The summed E-state index contributed by atoms with van der Waals surface area (Å²) >= 11 is 0. The first-order valence-electron chi connectivity index (χ1n) is 8.23. The number of para-hydroxylation sites is 1. The lowest BCUT2D eigenvalue weighted by molar-refractivity contribution is -0.120. The van der Waals surface area contributed by atoms with Crippen LogP contribution in [0.15, 0.2) is 53.1 Å². The summed E-state index contributed by atoms with van der Waals surface area (Å²) in [5.74, 6) is -0.657. The second kappa shape index (κ2) is 8.13. The molecule has 1 saturated heterocycles. The molecule has 1 fully saturated rings. The van der Waals surface area contributed by atoms with Crippen molar-refractivity contribution in [3.63, 3.8) is 0 Å². The van der Waals surface area contributed by atoms with Crippen LogP contribution >= 0.6 is 0 Å². The molecule has 4 unspecified atom stereocenters. The van der Waals surface area contributed by atoms with Crippen LogP contribution in [0.25, 0.3) is 0 Å². The van der Waals surface area contributed by atoms with Gasteiger partial charge in [0, 0.05) is 12.2 Å². The fourth-order valence-corrected chi connectivity index (χ4v) is 2.77. The molecule has 4 N–H and O–H groups in total. The van der Waals surface area contributed by atoms with Gasteiger partial charge in [0.25, 0.3) is 5.91 Å². The molecule has 1 aliphatic rings. The summed E-state index contributed by atoms with van der Waals surface area (Å²) in [6.45, 7) is -0.0193. The largest absolute Gasteiger partial charge is 0.459 e. The summed E-state index contributed by atoms with van der Waals surface area (Å²) in [5.41, 5.74) is 0.632. The molecule has 1 aromatic carbocycles. The first-order chi connectivity index (χ1) is 12.5. The van der Waals surface area contributed by atoms with Crippen LogP contribution in [0.5, 0.6) is 0 Å². The number of hydrogen-bond donors (Lipinski definition) is 4. The average molecular weight is 360 g/mol. The standard InChI is InChI=1S/C18H20N2O6/c21-15(20-11-5-2-1-3-6-11)9-13-16(22)17(23)14(26-13)10-19-18(24)12-7-4-8-25-12/h1-8,13-14,16-17,22-23H,9-10H2,(H,19,24)(H,20,21). The number of furan rings is 1. The summed E-state index contributed by atoms with van der Waals surface area (Å²) in [6, 6.07) is 12.0. The van der Waals surface area contributed by atoms with Crippen LogP contribution in [-0.4, -0.2) is 53.0 Å². The maximum Gasteiger partial charge on any atom is 0.287 e. The number of carbonyl (C=O) groups excluding carboxylic acids is 2. The van der Waals surface area contributed by atoms with Crippen molar-refractivity contribution in [3.8, 4) is 0 Å². The highest BCUT2D eigenvalue weighted by atomic mass is 16.5. The predicted molar refractivity (Wildman–Crippen MR) is 91.4 cm³/mol. The Labute approximate surface area is 149 Å². The third-order valence-corrected chi connectivity index (χ3v) is 4.11. The quantitative estimate of drug-likeness (QED) is 0.596. The molecule has 2 heterocycles. The first kappa shape index (κ1) is 18.1. The zero-order valence-electron chi connectivity index (χ0n) is 13.9. The molecule has 1 aliphatic heterocycles. The minimum Gasteiger partial charge on any atom is -0.459 e. The van der Waals surface area contributed by atoms with Crippen LogP contribution in [0.2, 0.25) is 0 Å². The molecule has 2 aromatic rings. The molecular weight excluding hydrogens is 340 g/mol. The first-order valence-corrected chi connectivity index (χ1v) is 8.23. The van der Waals surface area contributed by atoms with E-state index in [2.05, 4.69) is 10.6 Å². The molecule has 8 nitrogen and oxygen atoms in total. The van der Waals surface area contributed by atoms with Crippen molar-refractivity contribution in [1.82, 2.24) is 5.32 Å². The Hall–Kier alpha value is -2.68.